The first-order valence-corrected chi connectivity index (χ1v) is 7.87. The highest BCUT2D eigenvalue weighted by Crippen LogP contribution is 2.23. The van der Waals surface area contributed by atoms with Gasteiger partial charge in [0.2, 0.25) is 5.91 Å². The number of carbonyl (C=O) groups excluding carboxylic acids is 1. The molecule has 0 spiro atoms. The van der Waals surface area contributed by atoms with Crippen molar-refractivity contribution in [1.82, 2.24) is 5.32 Å². The summed E-state index contributed by atoms with van der Waals surface area (Å²) in [5, 5.41) is 6.52. The molecule has 1 aromatic carbocycles. The molecule has 1 fully saturated rings. The number of nitrogens with one attached hydrogen (secondary N) is 2. The number of para-hydroxylation sites is 1. The van der Waals surface area contributed by atoms with E-state index in [2.05, 4.69) is 30.5 Å². The molecule has 116 valence electrons. The number of aryl methyl sites for hydroxylation is 2. The van der Waals surface area contributed by atoms with Crippen molar-refractivity contribution in [3.05, 3.63) is 29.3 Å². The molecule has 0 aromatic heterocycles. The Hall–Kier alpha value is -1.39. The minimum atomic E-state index is -0.110. The van der Waals surface area contributed by atoms with Gasteiger partial charge in [-0.15, -0.1) is 0 Å². The molecule has 2 N–H and O–H groups in total. The minimum absolute atomic E-state index is 0.0603. The topological polar surface area (TPSA) is 50.4 Å². The van der Waals surface area contributed by atoms with Crippen molar-refractivity contribution in [3.63, 3.8) is 0 Å². The van der Waals surface area contributed by atoms with E-state index < -0.39 is 0 Å². The van der Waals surface area contributed by atoms with Crippen molar-refractivity contribution in [2.24, 2.45) is 5.92 Å². The molecule has 0 radical (unpaired) electrons. The number of benzene rings is 1. The second-order valence-corrected chi connectivity index (χ2v) is 5.66. The van der Waals surface area contributed by atoms with Crippen LogP contribution in [-0.4, -0.2) is 31.7 Å². The third-order valence-electron chi connectivity index (χ3n) is 4.06. The summed E-state index contributed by atoms with van der Waals surface area (Å²) in [5.74, 6) is -0.0500. The van der Waals surface area contributed by atoms with Crippen LogP contribution < -0.4 is 10.6 Å². The lowest BCUT2D eigenvalue weighted by molar-refractivity contribution is -0.120. The van der Waals surface area contributed by atoms with E-state index in [1.54, 1.807) is 0 Å². The van der Waals surface area contributed by atoms with Gasteiger partial charge in [-0.25, -0.2) is 0 Å². The molecule has 0 saturated carbocycles. The monoisotopic (exact) mass is 290 g/mol. The SMILES string of the molecule is CCCNC1COCC1C(=O)Nc1c(C)cccc1CC. The van der Waals surface area contributed by atoms with E-state index in [0.29, 0.717) is 13.2 Å². The van der Waals surface area contributed by atoms with Gasteiger partial charge in [0.05, 0.1) is 19.1 Å². The van der Waals surface area contributed by atoms with Crippen LogP contribution in [0.3, 0.4) is 0 Å². The summed E-state index contributed by atoms with van der Waals surface area (Å²) in [6.07, 6.45) is 1.97. The Balaban J connectivity index is 2.07. The number of hydrogen-bond donors (Lipinski definition) is 2. The van der Waals surface area contributed by atoms with Crippen molar-refractivity contribution >= 4 is 11.6 Å². The van der Waals surface area contributed by atoms with E-state index in [-0.39, 0.29) is 17.9 Å². The summed E-state index contributed by atoms with van der Waals surface area (Å²) in [6, 6.07) is 6.26. The number of carbonyl (C=O) groups is 1. The van der Waals surface area contributed by atoms with Crippen LogP contribution in [0.2, 0.25) is 0 Å². The molecular formula is C17H26N2O2. The Labute approximate surface area is 127 Å². The molecule has 0 aliphatic carbocycles. The number of anilines is 1. The fraction of sp³-hybridized carbons (Fsp3) is 0.588. The summed E-state index contributed by atoms with van der Waals surface area (Å²) < 4.78 is 5.49. The van der Waals surface area contributed by atoms with Crippen molar-refractivity contribution in [3.8, 4) is 0 Å². The van der Waals surface area contributed by atoms with Crippen LogP contribution in [0.1, 0.15) is 31.4 Å². The van der Waals surface area contributed by atoms with Gasteiger partial charge in [0, 0.05) is 11.7 Å². The van der Waals surface area contributed by atoms with Crippen LogP contribution in [0.15, 0.2) is 18.2 Å². The van der Waals surface area contributed by atoms with Gasteiger partial charge in [-0.3, -0.25) is 4.79 Å². The van der Waals surface area contributed by atoms with Crippen LogP contribution in [0.25, 0.3) is 0 Å². The predicted octanol–water partition coefficient (Wildman–Crippen LogP) is 2.51. The minimum Gasteiger partial charge on any atom is -0.379 e. The molecule has 1 amide bonds. The lowest BCUT2D eigenvalue weighted by Crippen LogP contribution is -2.41. The van der Waals surface area contributed by atoms with Gasteiger partial charge in [0.15, 0.2) is 0 Å². The quantitative estimate of drug-likeness (QED) is 0.846. The van der Waals surface area contributed by atoms with E-state index in [1.807, 2.05) is 19.1 Å². The third-order valence-corrected chi connectivity index (χ3v) is 4.06. The fourth-order valence-corrected chi connectivity index (χ4v) is 2.76. The first-order valence-electron chi connectivity index (χ1n) is 7.87. The molecule has 2 atom stereocenters. The van der Waals surface area contributed by atoms with Crippen LogP contribution in [0, 0.1) is 12.8 Å². The maximum atomic E-state index is 12.6. The molecule has 21 heavy (non-hydrogen) atoms. The lowest BCUT2D eigenvalue weighted by atomic mass is 10.0. The molecule has 4 heteroatoms. The molecule has 1 aliphatic rings. The van der Waals surface area contributed by atoms with Gasteiger partial charge < -0.3 is 15.4 Å². The molecule has 0 bridgehead atoms. The van der Waals surface area contributed by atoms with Gasteiger partial charge in [-0.1, -0.05) is 32.0 Å². The average molecular weight is 290 g/mol. The largest absolute Gasteiger partial charge is 0.379 e. The number of hydrogen-bond acceptors (Lipinski definition) is 3. The Bertz CT molecular complexity index is 488. The van der Waals surface area contributed by atoms with Gasteiger partial charge in [-0.05, 0) is 37.4 Å². The number of rotatable bonds is 6. The Kier molecular flexibility index (Phi) is 5.76. The van der Waals surface area contributed by atoms with Crippen molar-refractivity contribution in [1.29, 1.82) is 0 Å². The third kappa shape index (κ3) is 3.83. The summed E-state index contributed by atoms with van der Waals surface area (Å²) in [7, 11) is 0. The van der Waals surface area contributed by atoms with Crippen LogP contribution in [-0.2, 0) is 16.0 Å². The zero-order valence-corrected chi connectivity index (χ0v) is 13.2. The van der Waals surface area contributed by atoms with Crippen LogP contribution in [0.4, 0.5) is 5.69 Å². The van der Waals surface area contributed by atoms with Crippen molar-refractivity contribution in [2.45, 2.75) is 39.7 Å². The highest BCUT2D eigenvalue weighted by Gasteiger charge is 2.33. The second-order valence-electron chi connectivity index (χ2n) is 5.66. The molecule has 1 saturated heterocycles. The Morgan fingerprint density at radius 2 is 2.14 bits per heavy atom. The zero-order chi connectivity index (χ0) is 15.2. The van der Waals surface area contributed by atoms with E-state index >= 15 is 0 Å². The van der Waals surface area contributed by atoms with E-state index in [1.165, 1.54) is 5.56 Å². The molecule has 4 nitrogen and oxygen atoms in total. The molecule has 2 rings (SSSR count). The summed E-state index contributed by atoms with van der Waals surface area (Å²) in [5.41, 5.74) is 3.26. The average Bonchev–Trinajstić information content (AvgIpc) is 2.95. The highest BCUT2D eigenvalue weighted by molar-refractivity contribution is 5.94. The van der Waals surface area contributed by atoms with E-state index in [4.69, 9.17) is 4.74 Å². The number of amides is 1. The summed E-state index contributed by atoms with van der Waals surface area (Å²) in [4.78, 5) is 12.6. The first-order chi connectivity index (χ1) is 10.2. The van der Waals surface area contributed by atoms with Crippen molar-refractivity contribution in [2.75, 3.05) is 25.1 Å². The van der Waals surface area contributed by atoms with Crippen LogP contribution in [0.5, 0.6) is 0 Å². The molecular weight excluding hydrogens is 264 g/mol. The zero-order valence-electron chi connectivity index (χ0n) is 13.2. The molecule has 2 unspecified atom stereocenters. The second kappa shape index (κ2) is 7.57. The Morgan fingerprint density at radius 1 is 1.33 bits per heavy atom. The normalized spacial score (nSPS) is 21.5. The molecule has 1 aliphatic heterocycles. The van der Waals surface area contributed by atoms with Crippen molar-refractivity contribution < 1.29 is 9.53 Å². The molecule has 1 heterocycles. The van der Waals surface area contributed by atoms with Crippen LogP contribution >= 0.6 is 0 Å². The Morgan fingerprint density at radius 3 is 2.86 bits per heavy atom. The maximum absolute atomic E-state index is 12.6. The predicted molar refractivity (Wildman–Crippen MR) is 85.6 cm³/mol. The van der Waals surface area contributed by atoms with Gasteiger partial charge in [-0.2, -0.15) is 0 Å². The lowest BCUT2D eigenvalue weighted by Gasteiger charge is -2.20. The van der Waals surface area contributed by atoms with E-state index in [0.717, 1.165) is 30.6 Å². The highest BCUT2D eigenvalue weighted by atomic mass is 16.5. The van der Waals surface area contributed by atoms with Gasteiger partial charge in [0.1, 0.15) is 0 Å². The number of ether oxygens (including phenoxy) is 1. The summed E-state index contributed by atoms with van der Waals surface area (Å²) in [6.45, 7) is 8.30. The van der Waals surface area contributed by atoms with Gasteiger partial charge in [0.25, 0.3) is 0 Å². The molecule has 1 aromatic rings. The maximum Gasteiger partial charge on any atom is 0.231 e. The van der Waals surface area contributed by atoms with Gasteiger partial charge >= 0.3 is 0 Å². The summed E-state index contributed by atoms with van der Waals surface area (Å²) >= 11 is 0. The standard InChI is InChI=1S/C17H26N2O2/c1-4-9-18-15-11-21-10-14(15)17(20)19-16-12(3)7-6-8-13(16)5-2/h6-8,14-15,18H,4-5,9-11H2,1-3H3,(H,19,20). The first kappa shape index (κ1) is 16.0. The fourth-order valence-electron chi connectivity index (χ4n) is 2.76. The smallest absolute Gasteiger partial charge is 0.231 e. The van der Waals surface area contributed by atoms with E-state index in [9.17, 15) is 4.79 Å².